The maximum Gasteiger partial charge on any atom is 0.340 e. The van der Waals surface area contributed by atoms with Crippen LogP contribution in [0.25, 0.3) is 0 Å². The van der Waals surface area contributed by atoms with Crippen molar-refractivity contribution in [2.45, 2.75) is 31.2 Å². The molecule has 1 aliphatic rings. The highest BCUT2D eigenvalue weighted by Gasteiger charge is 2.41. The quantitative estimate of drug-likeness (QED) is 0.807. The molecule has 1 aromatic rings. The molecule has 9 heteroatoms. The molecule has 1 aromatic heterocycles. The zero-order valence-corrected chi connectivity index (χ0v) is 12.2. The summed E-state index contributed by atoms with van der Waals surface area (Å²) in [7, 11) is 0. The largest absolute Gasteiger partial charge is 0.471 e. The minimum Gasteiger partial charge on any atom is -0.471 e. The summed E-state index contributed by atoms with van der Waals surface area (Å²) in [6, 6.07) is 2.53. The molecule has 2 heterocycles. The van der Waals surface area contributed by atoms with Crippen LogP contribution in [0.5, 0.6) is 5.88 Å². The molecular weight excluding hydrogens is 318 g/mol. The summed E-state index contributed by atoms with van der Waals surface area (Å²) in [5, 5.41) is 0. The van der Waals surface area contributed by atoms with Crippen molar-refractivity contribution in [2.75, 3.05) is 19.7 Å². The van der Waals surface area contributed by atoms with Crippen molar-refractivity contribution in [3.05, 3.63) is 23.9 Å². The van der Waals surface area contributed by atoms with Crippen molar-refractivity contribution >= 4 is 5.91 Å². The van der Waals surface area contributed by atoms with Crippen LogP contribution in [0.3, 0.4) is 0 Å². The molecule has 23 heavy (non-hydrogen) atoms. The van der Waals surface area contributed by atoms with Crippen molar-refractivity contribution < 1.29 is 27.1 Å². The van der Waals surface area contributed by atoms with E-state index in [1.54, 1.807) is 4.90 Å². The predicted octanol–water partition coefficient (Wildman–Crippen LogP) is 1.92. The van der Waals surface area contributed by atoms with Gasteiger partial charge >= 0.3 is 12.3 Å². The number of pyridine rings is 1. The van der Waals surface area contributed by atoms with Crippen molar-refractivity contribution in [1.29, 1.82) is 0 Å². The maximum atomic E-state index is 12.8. The lowest BCUT2D eigenvalue weighted by atomic mass is 10.2. The van der Waals surface area contributed by atoms with Gasteiger partial charge in [0.05, 0.1) is 5.56 Å². The topological polar surface area (TPSA) is 68.5 Å². The summed E-state index contributed by atoms with van der Waals surface area (Å²) in [5.41, 5.74) is 5.87. The van der Waals surface area contributed by atoms with Crippen LogP contribution in [0.15, 0.2) is 18.3 Å². The first kappa shape index (κ1) is 17.5. The second-order valence-corrected chi connectivity index (χ2v) is 5.27. The minimum absolute atomic E-state index is 0.0249. The Morgan fingerprint density at radius 2 is 2.22 bits per heavy atom. The molecule has 0 spiro atoms. The normalized spacial score (nSPS) is 18.5. The molecule has 1 unspecified atom stereocenters. The lowest BCUT2D eigenvalue weighted by molar-refractivity contribution is -0.148. The summed E-state index contributed by atoms with van der Waals surface area (Å²) >= 11 is 0. The zero-order valence-electron chi connectivity index (χ0n) is 12.2. The molecule has 0 radical (unpaired) electrons. The molecule has 0 bridgehead atoms. The van der Waals surface area contributed by atoms with Crippen LogP contribution < -0.4 is 10.5 Å². The number of carbonyl (C=O) groups excluding carboxylic acids is 1. The minimum atomic E-state index is -4.25. The van der Waals surface area contributed by atoms with Crippen LogP contribution in [0.2, 0.25) is 0 Å². The molecule has 1 aliphatic heterocycles. The number of nitrogens with two attached hydrogens (primary N) is 1. The van der Waals surface area contributed by atoms with Gasteiger partial charge in [0.25, 0.3) is 5.91 Å². The summed E-state index contributed by atoms with van der Waals surface area (Å²) < 4.78 is 54.1. The van der Waals surface area contributed by atoms with Gasteiger partial charge in [0.15, 0.2) is 6.61 Å². The first-order valence-electron chi connectivity index (χ1n) is 7.11. The fraction of sp³-hybridized carbons (Fsp3) is 0.571. The van der Waals surface area contributed by atoms with E-state index in [-0.39, 0.29) is 23.4 Å². The SMILES string of the molecule is NCC1CCCN1C(=O)c1ccc(OCC(F)(F)C(F)F)nc1. The predicted molar refractivity (Wildman–Crippen MR) is 73.8 cm³/mol. The number of likely N-dealkylation sites (tertiary alicyclic amines) is 1. The smallest absolute Gasteiger partial charge is 0.340 e. The highest BCUT2D eigenvalue weighted by molar-refractivity contribution is 5.94. The van der Waals surface area contributed by atoms with Gasteiger partial charge in [-0.1, -0.05) is 0 Å². The number of nitrogens with zero attached hydrogens (tertiary/aromatic N) is 2. The van der Waals surface area contributed by atoms with E-state index in [0.29, 0.717) is 13.1 Å². The third-order valence-corrected chi connectivity index (χ3v) is 3.63. The molecule has 1 saturated heterocycles. The second kappa shape index (κ2) is 7.12. The lowest BCUT2D eigenvalue weighted by Gasteiger charge is -2.23. The third kappa shape index (κ3) is 4.10. The van der Waals surface area contributed by atoms with E-state index in [4.69, 9.17) is 5.73 Å². The Bertz CT molecular complexity index is 539. The number of aromatic nitrogens is 1. The van der Waals surface area contributed by atoms with E-state index in [1.165, 1.54) is 18.3 Å². The molecule has 128 valence electrons. The molecule has 0 aliphatic carbocycles. The first-order chi connectivity index (χ1) is 10.8. The zero-order chi connectivity index (χ0) is 17.0. The number of hydrogen-bond acceptors (Lipinski definition) is 4. The van der Waals surface area contributed by atoms with Gasteiger partial charge in [-0.05, 0) is 18.9 Å². The number of rotatable bonds is 6. The number of carbonyl (C=O) groups is 1. The van der Waals surface area contributed by atoms with Crippen LogP contribution >= 0.6 is 0 Å². The van der Waals surface area contributed by atoms with Gasteiger partial charge < -0.3 is 15.4 Å². The molecule has 0 aromatic carbocycles. The summed E-state index contributed by atoms with van der Waals surface area (Å²) in [6.07, 6.45) is -0.944. The lowest BCUT2D eigenvalue weighted by Crippen LogP contribution is -2.39. The Morgan fingerprint density at radius 3 is 2.78 bits per heavy atom. The van der Waals surface area contributed by atoms with Crippen LogP contribution in [-0.2, 0) is 0 Å². The number of alkyl halides is 4. The first-order valence-corrected chi connectivity index (χ1v) is 7.11. The Labute approximate surface area is 130 Å². The highest BCUT2D eigenvalue weighted by Crippen LogP contribution is 2.24. The van der Waals surface area contributed by atoms with Crippen molar-refractivity contribution in [1.82, 2.24) is 9.88 Å². The van der Waals surface area contributed by atoms with Gasteiger partial charge in [-0.3, -0.25) is 4.79 Å². The molecular formula is C14H17F4N3O2. The van der Waals surface area contributed by atoms with Crippen molar-refractivity contribution in [3.63, 3.8) is 0 Å². The Balaban J connectivity index is 1.98. The number of amides is 1. The van der Waals surface area contributed by atoms with Gasteiger partial charge in [-0.25, -0.2) is 13.8 Å². The third-order valence-electron chi connectivity index (χ3n) is 3.63. The van der Waals surface area contributed by atoms with Crippen molar-refractivity contribution in [2.24, 2.45) is 5.73 Å². The van der Waals surface area contributed by atoms with Gasteiger partial charge in [0, 0.05) is 31.4 Å². The average molecular weight is 335 g/mol. The highest BCUT2D eigenvalue weighted by atomic mass is 19.3. The van der Waals surface area contributed by atoms with Crippen molar-refractivity contribution in [3.8, 4) is 5.88 Å². The van der Waals surface area contributed by atoms with E-state index in [9.17, 15) is 22.4 Å². The Hall–Kier alpha value is -1.90. The fourth-order valence-corrected chi connectivity index (χ4v) is 2.34. The van der Waals surface area contributed by atoms with Crippen LogP contribution in [0, 0.1) is 0 Å². The standard InChI is InChI=1S/C14H17F4N3O2/c15-13(16)14(17,18)8-23-11-4-3-9(7-20-11)12(22)21-5-1-2-10(21)6-19/h3-4,7,10,13H,1-2,5-6,8,19H2. The number of ether oxygens (including phenoxy) is 1. The fourth-order valence-electron chi connectivity index (χ4n) is 2.34. The number of halogens is 4. The summed E-state index contributed by atoms with van der Waals surface area (Å²) in [6.45, 7) is -0.519. The molecule has 5 nitrogen and oxygen atoms in total. The van der Waals surface area contributed by atoms with Gasteiger partial charge in [-0.2, -0.15) is 8.78 Å². The monoisotopic (exact) mass is 335 g/mol. The van der Waals surface area contributed by atoms with Crippen LogP contribution in [0.1, 0.15) is 23.2 Å². The van der Waals surface area contributed by atoms with E-state index in [2.05, 4.69) is 9.72 Å². The Kier molecular flexibility index (Phi) is 5.40. The van der Waals surface area contributed by atoms with Crippen LogP contribution in [-0.4, -0.2) is 53.9 Å². The molecule has 1 amide bonds. The van der Waals surface area contributed by atoms with E-state index < -0.39 is 19.0 Å². The second-order valence-electron chi connectivity index (χ2n) is 5.27. The summed E-state index contributed by atoms with van der Waals surface area (Å²) in [4.78, 5) is 17.7. The molecule has 1 atom stereocenters. The van der Waals surface area contributed by atoms with E-state index in [0.717, 1.165) is 12.8 Å². The molecule has 2 rings (SSSR count). The maximum absolute atomic E-state index is 12.8. The summed E-state index contributed by atoms with van der Waals surface area (Å²) in [5.74, 6) is -4.76. The van der Waals surface area contributed by atoms with Gasteiger partial charge in [-0.15, -0.1) is 0 Å². The Morgan fingerprint density at radius 1 is 1.48 bits per heavy atom. The average Bonchev–Trinajstić information content (AvgIpc) is 3.01. The molecule has 0 saturated carbocycles. The van der Waals surface area contributed by atoms with Gasteiger partial charge in [0.1, 0.15) is 0 Å². The molecule has 2 N–H and O–H groups in total. The molecule has 1 fully saturated rings. The van der Waals surface area contributed by atoms with Crippen LogP contribution in [0.4, 0.5) is 17.6 Å². The number of hydrogen-bond donors (Lipinski definition) is 1. The van der Waals surface area contributed by atoms with E-state index in [1.807, 2.05) is 0 Å². The van der Waals surface area contributed by atoms with Gasteiger partial charge in [0.2, 0.25) is 5.88 Å². The van der Waals surface area contributed by atoms with E-state index >= 15 is 0 Å².